The van der Waals surface area contributed by atoms with Gasteiger partial charge in [-0.2, -0.15) is 0 Å². The molecule has 0 unspecified atom stereocenters. The van der Waals surface area contributed by atoms with E-state index in [0.29, 0.717) is 16.0 Å². The van der Waals surface area contributed by atoms with Crippen LogP contribution in [-0.2, 0) is 9.53 Å². The van der Waals surface area contributed by atoms with Gasteiger partial charge < -0.3 is 10.1 Å². The summed E-state index contributed by atoms with van der Waals surface area (Å²) >= 11 is 1.20. The Balaban J connectivity index is 1.66. The second-order valence-corrected chi connectivity index (χ2v) is 6.78. The molecule has 6 heteroatoms. The number of carbonyl (C=O) groups is 2. The van der Waals surface area contributed by atoms with Crippen LogP contribution in [0.1, 0.15) is 22.2 Å². The first-order valence-corrected chi connectivity index (χ1v) is 8.51. The monoisotopic (exact) mass is 357 g/mol. The van der Waals surface area contributed by atoms with Crippen LogP contribution in [0.2, 0.25) is 0 Å². The zero-order valence-electron chi connectivity index (χ0n) is 13.7. The van der Waals surface area contributed by atoms with Crippen LogP contribution in [-0.4, -0.2) is 18.0 Å². The fraction of sp³-hybridized carbons (Fsp3) is 0.158. The van der Waals surface area contributed by atoms with Gasteiger partial charge in [0.2, 0.25) is 0 Å². The number of halogens is 1. The van der Waals surface area contributed by atoms with Crippen molar-refractivity contribution in [3.8, 4) is 0 Å². The summed E-state index contributed by atoms with van der Waals surface area (Å²) in [6.45, 7) is 3.46. The number of rotatable bonds is 4. The fourth-order valence-electron chi connectivity index (χ4n) is 2.27. The van der Waals surface area contributed by atoms with E-state index in [1.54, 1.807) is 24.3 Å². The minimum absolute atomic E-state index is 0.329. The van der Waals surface area contributed by atoms with Gasteiger partial charge in [-0.3, -0.25) is 4.79 Å². The molecule has 1 aromatic heterocycles. The maximum Gasteiger partial charge on any atom is 0.349 e. The first-order chi connectivity index (χ1) is 11.9. The second-order valence-electron chi connectivity index (χ2n) is 5.70. The Morgan fingerprint density at radius 1 is 1.12 bits per heavy atom. The van der Waals surface area contributed by atoms with E-state index in [4.69, 9.17) is 4.74 Å². The van der Waals surface area contributed by atoms with Crippen molar-refractivity contribution in [3.63, 3.8) is 0 Å². The van der Waals surface area contributed by atoms with Gasteiger partial charge in [0.05, 0.1) is 0 Å². The first-order valence-electron chi connectivity index (χ1n) is 7.70. The lowest BCUT2D eigenvalue weighted by atomic mass is 10.2. The maximum atomic E-state index is 13.2. The Hall–Kier alpha value is -2.73. The van der Waals surface area contributed by atoms with Gasteiger partial charge in [0.25, 0.3) is 5.91 Å². The Bertz CT molecular complexity index is 933. The van der Waals surface area contributed by atoms with E-state index in [9.17, 15) is 14.0 Å². The van der Waals surface area contributed by atoms with Crippen molar-refractivity contribution < 1.29 is 18.7 Å². The number of hydrogen-bond donors (Lipinski definition) is 1. The largest absolute Gasteiger partial charge is 0.448 e. The van der Waals surface area contributed by atoms with Crippen molar-refractivity contribution in [1.29, 1.82) is 0 Å². The van der Waals surface area contributed by atoms with Crippen LogP contribution in [0.4, 0.5) is 10.1 Å². The Morgan fingerprint density at radius 3 is 2.56 bits per heavy atom. The third-order valence-electron chi connectivity index (χ3n) is 3.65. The molecule has 1 amide bonds. The summed E-state index contributed by atoms with van der Waals surface area (Å²) in [6.07, 6.45) is -0.948. The van der Waals surface area contributed by atoms with Gasteiger partial charge >= 0.3 is 5.97 Å². The Labute approximate surface area is 148 Å². The molecule has 1 N–H and O–H groups in total. The van der Waals surface area contributed by atoms with Gasteiger partial charge in [0.15, 0.2) is 6.10 Å². The molecule has 0 aliphatic carbocycles. The zero-order valence-corrected chi connectivity index (χ0v) is 14.5. The second kappa shape index (κ2) is 7.03. The summed E-state index contributed by atoms with van der Waals surface area (Å²) in [6, 6.07) is 13.2. The van der Waals surface area contributed by atoms with Gasteiger partial charge in [0.1, 0.15) is 10.7 Å². The van der Waals surface area contributed by atoms with E-state index >= 15 is 0 Å². The molecule has 0 radical (unpaired) electrons. The van der Waals surface area contributed by atoms with Crippen molar-refractivity contribution in [2.24, 2.45) is 0 Å². The van der Waals surface area contributed by atoms with E-state index in [1.165, 1.54) is 30.4 Å². The average molecular weight is 357 g/mol. The normalized spacial score (nSPS) is 12.0. The number of carbonyl (C=O) groups excluding carboxylic acids is 2. The topological polar surface area (TPSA) is 55.4 Å². The van der Waals surface area contributed by atoms with E-state index in [1.807, 2.05) is 19.1 Å². The summed E-state index contributed by atoms with van der Waals surface area (Å²) in [5.74, 6) is -1.38. The molecule has 0 saturated carbocycles. The number of fused-ring (bicyclic) bond motifs is 1. The number of benzene rings is 2. The molecule has 0 fully saturated rings. The number of nitrogens with one attached hydrogen (secondary N) is 1. The highest BCUT2D eigenvalue weighted by molar-refractivity contribution is 7.20. The number of amides is 1. The SMILES string of the molecule is Cc1ccc(NC(=O)[C@H](C)OC(=O)c2cc3cc(F)ccc3s2)cc1. The Morgan fingerprint density at radius 2 is 1.84 bits per heavy atom. The maximum absolute atomic E-state index is 13.2. The van der Waals surface area contributed by atoms with Crippen LogP contribution in [0.5, 0.6) is 0 Å². The molecule has 0 aliphatic rings. The molecule has 0 bridgehead atoms. The Kier molecular flexibility index (Phi) is 4.81. The third-order valence-corrected chi connectivity index (χ3v) is 4.75. The smallest absolute Gasteiger partial charge is 0.349 e. The van der Waals surface area contributed by atoms with Gasteiger partial charge in [-0.15, -0.1) is 11.3 Å². The lowest BCUT2D eigenvalue weighted by Crippen LogP contribution is -2.29. The molecule has 128 valence electrons. The molecule has 3 rings (SSSR count). The lowest BCUT2D eigenvalue weighted by Gasteiger charge is -2.13. The predicted octanol–water partition coefficient (Wildman–Crippen LogP) is 4.53. The highest BCUT2D eigenvalue weighted by Crippen LogP contribution is 2.27. The average Bonchev–Trinajstić information content (AvgIpc) is 3.00. The van der Waals surface area contributed by atoms with Crippen molar-refractivity contribution in [1.82, 2.24) is 0 Å². The molecule has 0 aliphatic heterocycles. The molecule has 1 atom stereocenters. The molecule has 2 aromatic carbocycles. The molecular formula is C19H16FNO3S. The number of ether oxygens (including phenoxy) is 1. The first kappa shape index (κ1) is 17.1. The van der Waals surface area contributed by atoms with Gasteiger partial charge in [0, 0.05) is 10.4 Å². The van der Waals surface area contributed by atoms with Crippen LogP contribution >= 0.6 is 11.3 Å². The summed E-state index contributed by atoms with van der Waals surface area (Å²) in [5, 5.41) is 3.33. The molecular weight excluding hydrogens is 341 g/mol. The quantitative estimate of drug-likeness (QED) is 0.698. The van der Waals surface area contributed by atoms with E-state index in [-0.39, 0.29) is 5.82 Å². The molecule has 3 aromatic rings. The van der Waals surface area contributed by atoms with Crippen LogP contribution in [0.15, 0.2) is 48.5 Å². The highest BCUT2D eigenvalue weighted by atomic mass is 32.1. The highest BCUT2D eigenvalue weighted by Gasteiger charge is 2.20. The number of esters is 1. The van der Waals surface area contributed by atoms with Gasteiger partial charge in [-0.1, -0.05) is 17.7 Å². The third kappa shape index (κ3) is 4.03. The zero-order chi connectivity index (χ0) is 18.0. The van der Waals surface area contributed by atoms with E-state index < -0.39 is 18.0 Å². The van der Waals surface area contributed by atoms with Crippen LogP contribution in [0.25, 0.3) is 10.1 Å². The van der Waals surface area contributed by atoms with Crippen molar-refractivity contribution >= 4 is 39.0 Å². The molecule has 0 spiro atoms. The lowest BCUT2D eigenvalue weighted by molar-refractivity contribution is -0.123. The fourth-order valence-corrected chi connectivity index (χ4v) is 3.19. The number of thiophene rings is 1. The molecule has 0 saturated heterocycles. The molecule has 4 nitrogen and oxygen atoms in total. The molecule has 25 heavy (non-hydrogen) atoms. The van der Waals surface area contributed by atoms with Crippen molar-refractivity contribution in [2.45, 2.75) is 20.0 Å². The number of anilines is 1. The van der Waals surface area contributed by atoms with Gasteiger partial charge in [-0.25, -0.2) is 9.18 Å². The summed E-state index contributed by atoms with van der Waals surface area (Å²) < 4.78 is 19.2. The van der Waals surface area contributed by atoms with Crippen LogP contribution in [0, 0.1) is 12.7 Å². The van der Waals surface area contributed by atoms with Crippen LogP contribution in [0.3, 0.4) is 0 Å². The minimum Gasteiger partial charge on any atom is -0.448 e. The van der Waals surface area contributed by atoms with Crippen molar-refractivity contribution in [3.05, 3.63) is 64.8 Å². The minimum atomic E-state index is -0.948. The predicted molar refractivity (Wildman–Crippen MR) is 96.5 cm³/mol. The number of aryl methyl sites for hydroxylation is 1. The van der Waals surface area contributed by atoms with Gasteiger partial charge in [-0.05, 0) is 55.6 Å². The van der Waals surface area contributed by atoms with Crippen molar-refractivity contribution in [2.75, 3.05) is 5.32 Å². The standard InChI is InChI=1S/C19H16FNO3S/c1-11-3-6-15(7-4-11)21-18(22)12(2)24-19(23)17-10-13-9-14(20)5-8-16(13)25-17/h3-10,12H,1-2H3,(H,21,22)/t12-/m0/s1. The van der Waals surface area contributed by atoms with Crippen LogP contribution < -0.4 is 5.32 Å². The molecule has 1 heterocycles. The van der Waals surface area contributed by atoms with E-state index in [0.717, 1.165) is 10.3 Å². The number of hydrogen-bond acceptors (Lipinski definition) is 4. The van der Waals surface area contributed by atoms with E-state index in [2.05, 4.69) is 5.32 Å². The summed E-state index contributed by atoms with van der Waals surface area (Å²) in [5.41, 5.74) is 1.72. The summed E-state index contributed by atoms with van der Waals surface area (Å²) in [7, 11) is 0. The summed E-state index contributed by atoms with van der Waals surface area (Å²) in [4.78, 5) is 24.7.